The normalized spacial score (nSPS) is 23.2. The maximum atomic E-state index is 12.9. The predicted octanol–water partition coefficient (Wildman–Crippen LogP) is 2.59. The first kappa shape index (κ1) is 13.2. The van der Waals surface area contributed by atoms with Gasteiger partial charge in [0.05, 0.1) is 0 Å². The monoisotopic (exact) mass is 249 g/mol. The van der Waals surface area contributed by atoms with Crippen molar-refractivity contribution in [1.82, 2.24) is 0 Å². The largest absolute Gasteiger partial charge is 0.490 e. The van der Waals surface area contributed by atoms with Gasteiger partial charge in [0.15, 0.2) is 0 Å². The van der Waals surface area contributed by atoms with E-state index in [1.807, 2.05) is 0 Å². The van der Waals surface area contributed by atoms with Crippen LogP contribution < -0.4 is 10.5 Å². The summed E-state index contributed by atoms with van der Waals surface area (Å²) >= 11 is 0. The van der Waals surface area contributed by atoms with Crippen molar-refractivity contribution in [3.05, 3.63) is 29.6 Å². The minimum atomic E-state index is -0.812. The van der Waals surface area contributed by atoms with Crippen LogP contribution in [0.5, 0.6) is 5.75 Å². The average molecular weight is 250 g/mol. The lowest BCUT2D eigenvalue weighted by Gasteiger charge is -2.32. The third kappa shape index (κ3) is 2.83. The first-order valence-electron chi connectivity index (χ1n) is 4.95. The fourth-order valence-electron chi connectivity index (χ4n) is 1.62. The predicted molar refractivity (Wildman–Crippen MR) is 60.1 cm³/mol. The molecule has 0 aromatic heterocycles. The minimum absolute atomic E-state index is 0. The Balaban J connectivity index is 0.00000128. The van der Waals surface area contributed by atoms with Crippen molar-refractivity contribution < 1.29 is 13.5 Å². The molecule has 5 heteroatoms. The number of hydrogen-bond donors (Lipinski definition) is 1. The van der Waals surface area contributed by atoms with E-state index in [0.717, 1.165) is 12.8 Å². The van der Waals surface area contributed by atoms with Crippen LogP contribution in [0.25, 0.3) is 0 Å². The van der Waals surface area contributed by atoms with Gasteiger partial charge < -0.3 is 10.5 Å². The fourth-order valence-corrected chi connectivity index (χ4v) is 1.62. The molecule has 0 aliphatic heterocycles. The topological polar surface area (TPSA) is 35.2 Å². The lowest BCUT2D eigenvalue weighted by atomic mass is 9.90. The lowest BCUT2D eigenvalue weighted by molar-refractivity contribution is 0.101. The molecule has 0 atom stereocenters. The zero-order valence-electron chi connectivity index (χ0n) is 8.66. The first-order valence-corrected chi connectivity index (χ1v) is 4.95. The molecule has 1 aromatic carbocycles. The molecule has 0 heterocycles. The van der Waals surface area contributed by atoms with Gasteiger partial charge in [-0.2, -0.15) is 0 Å². The molecule has 0 bridgehead atoms. The van der Waals surface area contributed by atoms with Crippen LogP contribution in [0.2, 0.25) is 0 Å². The highest BCUT2D eigenvalue weighted by atomic mass is 35.5. The molecule has 2 N–H and O–H groups in total. The van der Waals surface area contributed by atoms with Crippen LogP contribution in [-0.4, -0.2) is 12.1 Å². The number of rotatable bonds is 3. The number of alkyl halides is 1. The summed E-state index contributed by atoms with van der Waals surface area (Å²) in [7, 11) is 0. The molecule has 1 aliphatic rings. The molecule has 90 valence electrons. The molecule has 0 saturated heterocycles. The van der Waals surface area contributed by atoms with E-state index in [1.54, 1.807) is 0 Å². The Labute approximate surface area is 99.2 Å². The summed E-state index contributed by atoms with van der Waals surface area (Å²) in [4.78, 5) is 0. The van der Waals surface area contributed by atoms with Gasteiger partial charge in [0, 0.05) is 11.6 Å². The highest BCUT2D eigenvalue weighted by Crippen LogP contribution is 2.26. The molecule has 0 amide bonds. The van der Waals surface area contributed by atoms with E-state index in [4.69, 9.17) is 10.5 Å². The molecule has 0 unspecified atom stereocenters. The van der Waals surface area contributed by atoms with Gasteiger partial charge in [0.25, 0.3) is 0 Å². The summed E-state index contributed by atoms with van der Waals surface area (Å²) < 4.78 is 30.8. The Morgan fingerprint density at radius 3 is 2.62 bits per heavy atom. The molecule has 1 fully saturated rings. The highest BCUT2D eigenvalue weighted by molar-refractivity contribution is 5.85. The molecule has 2 nitrogen and oxygen atoms in total. The Bertz CT molecular complexity index is 356. The molecule has 1 aromatic rings. The van der Waals surface area contributed by atoms with Crippen LogP contribution >= 0.6 is 12.4 Å². The van der Waals surface area contributed by atoms with E-state index in [2.05, 4.69) is 0 Å². The standard InChI is InChI=1S/C11H13F2NO.ClH/c12-6-7-3-9(1-2-11(7)13)15-10-4-8(14)5-10;/h1-3,8,10H,4-6,14H2;1H. The second-order valence-electron chi connectivity index (χ2n) is 3.86. The van der Waals surface area contributed by atoms with Gasteiger partial charge in [-0.25, -0.2) is 8.78 Å². The summed E-state index contributed by atoms with van der Waals surface area (Å²) in [6, 6.07) is 4.34. The summed E-state index contributed by atoms with van der Waals surface area (Å²) in [5, 5.41) is 0. The molecule has 0 radical (unpaired) electrons. The Morgan fingerprint density at radius 1 is 1.38 bits per heavy atom. The van der Waals surface area contributed by atoms with E-state index >= 15 is 0 Å². The third-order valence-corrected chi connectivity index (χ3v) is 2.60. The van der Waals surface area contributed by atoms with Crippen molar-refractivity contribution in [3.63, 3.8) is 0 Å². The molecular formula is C11H14ClF2NO. The van der Waals surface area contributed by atoms with Crippen LogP contribution in [0, 0.1) is 5.82 Å². The smallest absolute Gasteiger partial charge is 0.129 e. The van der Waals surface area contributed by atoms with Crippen LogP contribution in [0.1, 0.15) is 18.4 Å². The Hall–Kier alpha value is -0.870. The SMILES string of the molecule is Cl.NC1CC(Oc2ccc(F)c(CF)c2)C1. The van der Waals surface area contributed by atoms with Crippen LogP contribution in [-0.2, 0) is 6.67 Å². The van der Waals surface area contributed by atoms with Crippen molar-refractivity contribution in [3.8, 4) is 5.75 Å². The van der Waals surface area contributed by atoms with E-state index < -0.39 is 12.5 Å². The van der Waals surface area contributed by atoms with Gasteiger partial charge in [-0.3, -0.25) is 0 Å². The van der Waals surface area contributed by atoms with Crippen molar-refractivity contribution >= 4 is 12.4 Å². The van der Waals surface area contributed by atoms with E-state index in [1.165, 1.54) is 18.2 Å². The third-order valence-electron chi connectivity index (χ3n) is 2.60. The van der Waals surface area contributed by atoms with E-state index in [0.29, 0.717) is 5.75 Å². The van der Waals surface area contributed by atoms with Crippen LogP contribution in [0.15, 0.2) is 18.2 Å². The van der Waals surface area contributed by atoms with E-state index in [9.17, 15) is 8.78 Å². The number of ether oxygens (including phenoxy) is 1. The summed E-state index contributed by atoms with van der Waals surface area (Å²) in [6.07, 6.45) is 1.71. The number of halogens is 3. The summed E-state index contributed by atoms with van der Waals surface area (Å²) in [5.74, 6) is -0.0175. The van der Waals surface area contributed by atoms with Crippen molar-refractivity contribution in [2.75, 3.05) is 0 Å². The fraction of sp³-hybridized carbons (Fsp3) is 0.455. The molecule has 0 spiro atoms. The number of benzene rings is 1. The first-order chi connectivity index (χ1) is 7.19. The van der Waals surface area contributed by atoms with Gasteiger partial charge in [-0.05, 0) is 31.0 Å². The molecule has 1 aliphatic carbocycles. The van der Waals surface area contributed by atoms with Crippen molar-refractivity contribution in [2.45, 2.75) is 31.7 Å². The molecular weight excluding hydrogens is 236 g/mol. The van der Waals surface area contributed by atoms with E-state index in [-0.39, 0.29) is 30.1 Å². The maximum Gasteiger partial charge on any atom is 0.129 e. The molecule has 2 rings (SSSR count). The lowest BCUT2D eigenvalue weighted by Crippen LogP contribution is -2.43. The second-order valence-corrected chi connectivity index (χ2v) is 3.86. The second kappa shape index (κ2) is 5.46. The minimum Gasteiger partial charge on any atom is -0.490 e. The van der Waals surface area contributed by atoms with Gasteiger partial charge >= 0.3 is 0 Å². The average Bonchev–Trinajstić information content (AvgIpc) is 2.18. The van der Waals surface area contributed by atoms with Crippen LogP contribution in [0.4, 0.5) is 8.78 Å². The van der Waals surface area contributed by atoms with Gasteiger partial charge in [-0.15, -0.1) is 12.4 Å². The van der Waals surface area contributed by atoms with Crippen molar-refractivity contribution in [1.29, 1.82) is 0 Å². The summed E-state index contributed by atoms with van der Waals surface area (Å²) in [5.41, 5.74) is 5.64. The van der Waals surface area contributed by atoms with Gasteiger partial charge in [0.1, 0.15) is 24.3 Å². The van der Waals surface area contributed by atoms with Gasteiger partial charge in [0.2, 0.25) is 0 Å². The number of nitrogens with two attached hydrogens (primary N) is 1. The Kier molecular flexibility index (Phi) is 4.50. The summed E-state index contributed by atoms with van der Waals surface area (Å²) in [6.45, 7) is -0.812. The zero-order valence-corrected chi connectivity index (χ0v) is 9.47. The Morgan fingerprint density at radius 2 is 2.06 bits per heavy atom. The van der Waals surface area contributed by atoms with Crippen LogP contribution in [0.3, 0.4) is 0 Å². The van der Waals surface area contributed by atoms with Crippen molar-refractivity contribution in [2.24, 2.45) is 5.73 Å². The number of hydrogen-bond acceptors (Lipinski definition) is 2. The highest BCUT2D eigenvalue weighted by Gasteiger charge is 2.27. The maximum absolute atomic E-state index is 12.9. The van der Waals surface area contributed by atoms with Gasteiger partial charge in [-0.1, -0.05) is 0 Å². The zero-order chi connectivity index (χ0) is 10.8. The molecule has 16 heavy (non-hydrogen) atoms. The quantitative estimate of drug-likeness (QED) is 0.894. The molecule has 1 saturated carbocycles.